The predicted molar refractivity (Wildman–Crippen MR) is 90.6 cm³/mol. The van der Waals surface area contributed by atoms with Gasteiger partial charge in [0.1, 0.15) is 5.70 Å². The molecule has 4 rings (SSSR count). The molecule has 0 spiro atoms. The van der Waals surface area contributed by atoms with Gasteiger partial charge in [-0.15, -0.1) is 5.53 Å². The molecule has 2 aromatic rings. The smallest absolute Gasteiger partial charge is 0.281 e. The second-order valence-corrected chi connectivity index (χ2v) is 5.70. The molecule has 0 radical (unpaired) electrons. The number of nitrogens with one attached hydrogen (secondary N) is 1. The van der Waals surface area contributed by atoms with Crippen LogP contribution in [0.25, 0.3) is 5.70 Å². The summed E-state index contributed by atoms with van der Waals surface area (Å²) < 4.78 is 0. The molecule has 2 aromatic carbocycles. The molecule has 0 unspecified atom stereocenters. The molecule has 2 heterocycles. The van der Waals surface area contributed by atoms with E-state index in [1.807, 2.05) is 0 Å². The molecule has 0 saturated heterocycles. The summed E-state index contributed by atoms with van der Waals surface area (Å²) in [5.74, 6) is -0.133. The Labute approximate surface area is 141 Å². The number of anilines is 2. The third-order valence-corrected chi connectivity index (χ3v) is 4.11. The number of hydrogen-bond donors (Lipinski definition) is 2. The summed E-state index contributed by atoms with van der Waals surface area (Å²) in [7, 11) is 0. The molecule has 0 aromatic heterocycles. The van der Waals surface area contributed by atoms with Gasteiger partial charge in [0.2, 0.25) is 5.88 Å². The van der Waals surface area contributed by atoms with Crippen molar-refractivity contribution < 1.29 is 10.0 Å². The van der Waals surface area contributed by atoms with E-state index in [1.54, 1.807) is 53.5 Å². The van der Waals surface area contributed by atoms with Crippen LogP contribution in [0.4, 0.5) is 11.4 Å². The van der Waals surface area contributed by atoms with E-state index in [-0.39, 0.29) is 11.6 Å². The number of hydrogen-bond acceptors (Lipinski definition) is 6. The molecule has 2 N–H and O–H groups in total. The minimum atomic E-state index is -0.457. The highest BCUT2D eigenvalue weighted by Crippen LogP contribution is 2.39. The Morgan fingerprint density at radius 3 is 2.50 bits per heavy atom. The van der Waals surface area contributed by atoms with E-state index in [0.717, 1.165) is 0 Å². The van der Waals surface area contributed by atoms with Crippen LogP contribution in [-0.4, -0.2) is 10.0 Å². The van der Waals surface area contributed by atoms with Gasteiger partial charge < -0.3 is 5.11 Å². The first kappa shape index (κ1) is 14.6. The lowest BCUT2D eigenvalue weighted by atomic mass is 10.0. The monoisotopic (exact) mass is 342 g/mol. The molecule has 24 heavy (non-hydrogen) atoms. The SMILES string of the molecule is O=[N+]([O-])C1=CC2=C(O)N(c3ccc(Cl)cc3)NN2c2ccccc21. The topological polar surface area (TPSA) is 81.9 Å². The van der Waals surface area contributed by atoms with Crippen molar-refractivity contribution >= 4 is 28.7 Å². The van der Waals surface area contributed by atoms with Crippen molar-refractivity contribution in [3.05, 3.63) is 86.9 Å². The van der Waals surface area contributed by atoms with Crippen LogP contribution in [0.1, 0.15) is 5.56 Å². The van der Waals surface area contributed by atoms with Crippen molar-refractivity contribution in [2.45, 2.75) is 0 Å². The van der Waals surface area contributed by atoms with E-state index in [4.69, 9.17) is 11.6 Å². The second-order valence-electron chi connectivity index (χ2n) is 5.26. The second kappa shape index (κ2) is 5.26. The number of allylic oxidation sites excluding steroid dienone is 1. The van der Waals surface area contributed by atoms with Gasteiger partial charge in [0.15, 0.2) is 0 Å². The van der Waals surface area contributed by atoms with Crippen molar-refractivity contribution in [3.63, 3.8) is 0 Å². The van der Waals surface area contributed by atoms with Crippen LogP contribution < -0.4 is 15.6 Å². The summed E-state index contributed by atoms with van der Waals surface area (Å²) in [4.78, 5) is 10.9. The predicted octanol–water partition coefficient (Wildman–Crippen LogP) is 3.44. The van der Waals surface area contributed by atoms with Crippen LogP contribution in [0, 0.1) is 10.1 Å². The van der Waals surface area contributed by atoms with Crippen LogP contribution in [-0.2, 0) is 0 Å². The number of nitro groups is 1. The van der Waals surface area contributed by atoms with E-state index in [1.165, 1.54) is 11.1 Å². The molecule has 2 aliphatic rings. The zero-order valence-corrected chi connectivity index (χ0v) is 12.9. The zero-order valence-electron chi connectivity index (χ0n) is 12.2. The van der Waals surface area contributed by atoms with E-state index in [0.29, 0.717) is 27.7 Å². The number of para-hydroxylation sites is 1. The van der Waals surface area contributed by atoms with Crippen molar-refractivity contribution in [2.24, 2.45) is 0 Å². The summed E-state index contributed by atoms with van der Waals surface area (Å²) in [6, 6.07) is 13.8. The van der Waals surface area contributed by atoms with Crippen LogP contribution in [0.5, 0.6) is 0 Å². The number of benzene rings is 2. The zero-order chi connectivity index (χ0) is 16.8. The number of fused-ring (bicyclic) bond motifs is 3. The van der Waals surface area contributed by atoms with Gasteiger partial charge in [-0.25, -0.2) is 5.01 Å². The summed E-state index contributed by atoms with van der Waals surface area (Å²) in [5, 5.41) is 25.5. The summed E-state index contributed by atoms with van der Waals surface area (Å²) in [6.45, 7) is 0. The van der Waals surface area contributed by atoms with Gasteiger partial charge in [0, 0.05) is 11.1 Å². The molecular weight excluding hydrogens is 332 g/mol. The van der Waals surface area contributed by atoms with E-state index in [2.05, 4.69) is 5.53 Å². The summed E-state index contributed by atoms with van der Waals surface area (Å²) in [6.07, 6.45) is 1.35. The summed E-state index contributed by atoms with van der Waals surface area (Å²) >= 11 is 5.89. The fourth-order valence-corrected chi connectivity index (χ4v) is 2.87. The largest absolute Gasteiger partial charge is 0.492 e. The van der Waals surface area contributed by atoms with Crippen molar-refractivity contribution in [2.75, 3.05) is 10.0 Å². The van der Waals surface area contributed by atoms with Crippen LogP contribution in [0.2, 0.25) is 5.02 Å². The Balaban J connectivity index is 1.84. The van der Waals surface area contributed by atoms with Crippen LogP contribution >= 0.6 is 11.6 Å². The fourth-order valence-electron chi connectivity index (χ4n) is 2.74. The molecule has 0 amide bonds. The lowest BCUT2D eigenvalue weighted by Crippen LogP contribution is -2.42. The Hall–Kier alpha value is -3.03. The van der Waals surface area contributed by atoms with E-state index in [9.17, 15) is 15.2 Å². The minimum absolute atomic E-state index is 0.0665. The Morgan fingerprint density at radius 1 is 1.08 bits per heavy atom. The molecule has 0 saturated carbocycles. The van der Waals surface area contributed by atoms with Crippen molar-refractivity contribution in [3.8, 4) is 0 Å². The van der Waals surface area contributed by atoms with Crippen LogP contribution in [0.15, 0.2) is 66.2 Å². The molecule has 0 bridgehead atoms. The molecular formula is C16H11ClN4O3. The van der Waals surface area contributed by atoms with E-state index < -0.39 is 4.92 Å². The standard InChI is InChI=1S/C16H11ClN4O3/c17-10-5-7-11(8-6-10)19-16(22)15-9-14(21(23)24)12-3-1-2-4-13(12)20(15)18-19/h1-9,18,22H. The maximum Gasteiger partial charge on any atom is 0.281 e. The van der Waals surface area contributed by atoms with Gasteiger partial charge in [0.25, 0.3) is 5.70 Å². The number of halogens is 1. The minimum Gasteiger partial charge on any atom is -0.492 e. The molecule has 8 heteroatoms. The van der Waals surface area contributed by atoms with Gasteiger partial charge in [-0.1, -0.05) is 23.7 Å². The molecule has 0 aliphatic carbocycles. The molecule has 2 aliphatic heterocycles. The molecule has 120 valence electrons. The fraction of sp³-hybridized carbons (Fsp3) is 0. The third kappa shape index (κ3) is 2.10. The molecule has 0 fully saturated rings. The lowest BCUT2D eigenvalue weighted by Gasteiger charge is -2.26. The molecule has 0 atom stereocenters. The number of nitrogens with zero attached hydrogens (tertiary/aromatic N) is 3. The first-order chi connectivity index (χ1) is 11.6. The number of aliphatic hydroxyl groups excluding tert-OH is 1. The number of hydrazine groups is 2. The number of aliphatic hydroxyl groups is 1. The maximum absolute atomic E-state index is 11.4. The van der Waals surface area contributed by atoms with Gasteiger partial charge >= 0.3 is 0 Å². The third-order valence-electron chi connectivity index (χ3n) is 3.86. The van der Waals surface area contributed by atoms with Gasteiger partial charge in [0.05, 0.1) is 21.9 Å². The highest BCUT2D eigenvalue weighted by molar-refractivity contribution is 6.30. The highest BCUT2D eigenvalue weighted by Gasteiger charge is 2.37. The Morgan fingerprint density at radius 2 is 1.79 bits per heavy atom. The van der Waals surface area contributed by atoms with Crippen LogP contribution in [0.3, 0.4) is 0 Å². The normalized spacial score (nSPS) is 16.0. The Kier molecular flexibility index (Phi) is 3.19. The average Bonchev–Trinajstić information content (AvgIpc) is 2.92. The first-order valence-corrected chi connectivity index (χ1v) is 7.45. The van der Waals surface area contributed by atoms with Gasteiger partial charge in [-0.05, 0) is 36.4 Å². The highest BCUT2D eigenvalue weighted by atomic mass is 35.5. The lowest BCUT2D eigenvalue weighted by molar-refractivity contribution is -0.375. The van der Waals surface area contributed by atoms with Crippen molar-refractivity contribution in [1.82, 2.24) is 5.53 Å². The number of rotatable bonds is 2. The van der Waals surface area contributed by atoms with Crippen molar-refractivity contribution in [1.29, 1.82) is 0 Å². The molecule has 7 nitrogen and oxygen atoms in total. The van der Waals surface area contributed by atoms with Gasteiger partial charge in [-0.2, -0.15) is 0 Å². The van der Waals surface area contributed by atoms with E-state index >= 15 is 0 Å². The maximum atomic E-state index is 11.4. The summed E-state index contributed by atoms with van der Waals surface area (Å²) in [5.41, 5.74) is 4.97. The Bertz CT molecular complexity index is 908. The van der Waals surface area contributed by atoms with Gasteiger partial charge in [-0.3, -0.25) is 15.1 Å². The quantitative estimate of drug-likeness (QED) is 0.642. The average molecular weight is 343 g/mol. The first-order valence-electron chi connectivity index (χ1n) is 7.07.